The first-order chi connectivity index (χ1) is 10.9. The largest absolute Gasteiger partial charge is 0.320 e. The Balaban J connectivity index is 2.06. The lowest BCUT2D eigenvalue weighted by Gasteiger charge is -2.10. The first-order valence-corrected chi connectivity index (χ1v) is 8.67. The van der Waals surface area contributed by atoms with Crippen LogP contribution >= 0.6 is 31.9 Å². The van der Waals surface area contributed by atoms with Crippen LogP contribution in [0.15, 0.2) is 39.4 Å². The van der Waals surface area contributed by atoms with Gasteiger partial charge in [0.2, 0.25) is 0 Å². The Kier molecular flexibility index (Phi) is 4.29. The molecule has 23 heavy (non-hydrogen) atoms. The molecule has 0 unspecified atom stereocenters. The SMILES string of the molecule is Cc1cc(Br)c2nc(C)c(C(=O)Nc3ccc(Br)cc3C)n2c1. The number of imidazole rings is 1. The normalized spacial score (nSPS) is 11.0. The number of nitrogens with zero attached hydrogens (tertiary/aromatic N) is 2. The lowest BCUT2D eigenvalue weighted by molar-refractivity contribution is 0.102. The molecule has 6 heteroatoms. The number of fused-ring (bicyclic) bond motifs is 1. The number of aromatic nitrogens is 2. The van der Waals surface area contributed by atoms with Gasteiger partial charge in [-0.3, -0.25) is 9.20 Å². The van der Waals surface area contributed by atoms with Crippen molar-refractivity contribution in [3.05, 3.63) is 61.9 Å². The number of anilines is 1. The van der Waals surface area contributed by atoms with Crippen LogP contribution in [0, 0.1) is 20.8 Å². The van der Waals surface area contributed by atoms with Crippen molar-refractivity contribution < 1.29 is 4.79 Å². The van der Waals surface area contributed by atoms with Crippen LogP contribution in [-0.2, 0) is 0 Å². The summed E-state index contributed by atoms with van der Waals surface area (Å²) in [5.74, 6) is -0.169. The van der Waals surface area contributed by atoms with E-state index < -0.39 is 0 Å². The van der Waals surface area contributed by atoms with Gasteiger partial charge < -0.3 is 5.32 Å². The molecule has 0 bridgehead atoms. The van der Waals surface area contributed by atoms with Gasteiger partial charge in [-0.05, 0) is 72.1 Å². The van der Waals surface area contributed by atoms with E-state index in [0.717, 1.165) is 31.4 Å². The Morgan fingerprint density at radius 1 is 1.17 bits per heavy atom. The molecule has 0 radical (unpaired) electrons. The van der Waals surface area contributed by atoms with Crippen molar-refractivity contribution in [3.63, 3.8) is 0 Å². The van der Waals surface area contributed by atoms with E-state index >= 15 is 0 Å². The first-order valence-electron chi connectivity index (χ1n) is 7.09. The fraction of sp³-hybridized carbons (Fsp3) is 0.176. The quantitative estimate of drug-likeness (QED) is 0.611. The number of pyridine rings is 1. The number of carbonyl (C=O) groups excluding carboxylic acids is 1. The average molecular weight is 437 g/mol. The van der Waals surface area contributed by atoms with Crippen LogP contribution in [-0.4, -0.2) is 15.3 Å². The molecule has 0 fully saturated rings. The topological polar surface area (TPSA) is 46.4 Å². The van der Waals surface area contributed by atoms with Crippen molar-refractivity contribution in [1.82, 2.24) is 9.38 Å². The number of aryl methyl sites for hydroxylation is 3. The van der Waals surface area contributed by atoms with E-state index in [-0.39, 0.29) is 5.91 Å². The van der Waals surface area contributed by atoms with Crippen molar-refractivity contribution in [3.8, 4) is 0 Å². The van der Waals surface area contributed by atoms with Gasteiger partial charge in [0.05, 0.1) is 10.2 Å². The van der Waals surface area contributed by atoms with Crippen molar-refractivity contribution in [2.75, 3.05) is 5.32 Å². The number of benzene rings is 1. The summed E-state index contributed by atoms with van der Waals surface area (Å²) in [4.78, 5) is 17.3. The monoisotopic (exact) mass is 435 g/mol. The van der Waals surface area contributed by atoms with E-state index in [1.165, 1.54) is 0 Å². The number of rotatable bonds is 2. The Labute approximate surface area is 151 Å². The summed E-state index contributed by atoms with van der Waals surface area (Å²) >= 11 is 6.94. The van der Waals surface area contributed by atoms with Gasteiger partial charge in [-0.1, -0.05) is 15.9 Å². The molecule has 4 nitrogen and oxygen atoms in total. The van der Waals surface area contributed by atoms with Crippen LogP contribution in [0.25, 0.3) is 5.65 Å². The summed E-state index contributed by atoms with van der Waals surface area (Å²) < 4.78 is 3.69. The van der Waals surface area contributed by atoms with E-state index in [0.29, 0.717) is 11.4 Å². The highest BCUT2D eigenvalue weighted by Gasteiger charge is 2.19. The Bertz CT molecular complexity index is 931. The molecule has 2 heterocycles. The molecule has 0 aliphatic carbocycles. The molecular formula is C17H15Br2N3O. The van der Waals surface area contributed by atoms with Crippen LogP contribution in [0.3, 0.4) is 0 Å². The molecule has 3 rings (SSSR count). The van der Waals surface area contributed by atoms with Gasteiger partial charge >= 0.3 is 0 Å². The second kappa shape index (κ2) is 6.09. The van der Waals surface area contributed by atoms with Gasteiger partial charge in [0, 0.05) is 16.4 Å². The highest BCUT2D eigenvalue weighted by Crippen LogP contribution is 2.24. The number of carbonyl (C=O) groups is 1. The molecular weight excluding hydrogens is 422 g/mol. The highest BCUT2D eigenvalue weighted by atomic mass is 79.9. The Hall–Kier alpha value is -1.66. The van der Waals surface area contributed by atoms with E-state index in [1.54, 1.807) is 0 Å². The molecule has 0 saturated heterocycles. The van der Waals surface area contributed by atoms with E-state index in [1.807, 2.05) is 55.6 Å². The smallest absolute Gasteiger partial charge is 0.274 e. The van der Waals surface area contributed by atoms with Crippen LogP contribution in [0.2, 0.25) is 0 Å². The van der Waals surface area contributed by atoms with Crippen molar-refractivity contribution in [1.29, 1.82) is 0 Å². The number of amides is 1. The lowest BCUT2D eigenvalue weighted by atomic mass is 10.2. The molecule has 1 aromatic carbocycles. The Morgan fingerprint density at radius 2 is 1.91 bits per heavy atom. The van der Waals surface area contributed by atoms with Gasteiger partial charge in [-0.2, -0.15) is 0 Å². The van der Waals surface area contributed by atoms with Crippen LogP contribution in [0.4, 0.5) is 5.69 Å². The van der Waals surface area contributed by atoms with Crippen LogP contribution in [0.1, 0.15) is 27.3 Å². The molecule has 0 saturated carbocycles. The van der Waals surface area contributed by atoms with Crippen molar-refractivity contribution in [2.24, 2.45) is 0 Å². The fourth-order valence-electron chi connectivity index (χ4n) is 2.57. The third-order valence-electron chi connectivity index (χ3n) is 3.64. The molecule has 1 N–H and O–H groups in total. The Morgan fingerprint density at radius 3 is 2.61 bits per heavy atom. The molecule has 3 aromatic rings. The minimum atomic E-state index is -0.169. The standard InChI is InChI=1S/C17H15Br2N3O/c1-9-6-13(19)16-20-11(3)15(22(16)8-9)17(23)21-14-5-4-12(18)7-10(14)2/h4-8H,1-3H3,(H,21,23). The number of hydrogen-bond acceptors (Lipinski definition) is 2. The third-order valence-corrected chi connectivity index (χ3v) is 4.71. The summed E-state index contributed by atoms with van der Waals surface area (Å²) in [6.07, 6.45) is 1.92. The molecule has 2 aromatic heterocycles. The third kappa shape index (κ3) is 3.05. The summed E-state index contributed by atoms with van der Waals surface area (Å²) in [5, 5.41) is 2.98. The second-order valence-corrected chi connectivity index (χ2v) is 7.29. The van der Waals surface area contributed by atoms with Crippen molar-refractivity contribution in [2.45, 2.75) is 20.8 Å². The highest BCUT2D eigenvalue weighted by molar-refractivity contribution is 9.11. The van der Waals surface area contributed by atoms with E-state index in [2.05, 4.69) is 42.2 Å². The van der Waals surface area contributed by atoms with E-state index in [4.69, 9.17) is 0 Å². The molecule has 0 aliphatic rings. The molecule has 1 amide bonds. The van der Waals surface area contributed by atoms with Gasteiger partial charge in [-0.25, -0.2) is 4.98 Å². The van der Waals surface area contributed by atoms with Gasteiger partial charge in [-0.15, -0.1) is 0 Å². The van der Waals surface area contributed by atoms with Gasteiger partial charge in [0.1, 0.15) is 5.69 Å². The molecule has 0 spiro atoms. The first kappa shape index (κ1) is 16.2. The molecule has 0 aliphatic heterocycles. The van der Waals surface area contributed by atoms with Gasteiger partial charge in [0.15, 0.2) is 5.65 Å². The van der Waals surface area contributed by atoms with Crippen LogP contribution in [0.5, 0.6) is 0 Å². The lowest BCUT2D eigenvalue weighted by Crippen LogP contribution is -2.16. The van der Waals surface area contributed by atoms with E-state index in [9.17, 15) is 4.79 Å². The average Bonchev–Trinajstić information content (AvgIpc) is 2.78. The van der Waals surface area contributed by atoms with Crippen LogP contribution < -0.4 is 5.32 Å². The number of hydrogen-bond donors (Lipinski definition) is 1. The maximum atomic E-state index is 12.8. The maximum absolute atomic E-state index is 12.8. The zero-order valence-electron chi connectivity index (χ0n) is 12.9. The van der Waals surface area contributed by atoms with Gasteiger partial charge in [0.25, 0.3) is 5.91 Å². The second-order valence-electron chi connectivity index (χ2n) is 5.52. The summed E-state index contributed by atoms with van der Waals surface area (Å²) in [7, 11) is 0. The zero-order chi connectivity index (χ0) is 16.7. The minimum absolute atomic E-state index is 0.169. The predicted molar refractivity (Wildman–Crippen MR) is 99.2 cm³/mol. The molecule has 118 valence electrons. The zero-order valence-corrected chi connectivity index (χ0v) is 16.1. The summed E-state index contributed by atoms with van der Waals surface area (Å²) in [5.41, 5.74) is 4.83. The number of nitrogens with one attached hydrogen (secondary N) is 1. The fourth-order valence-corrected chi connectivity index (χ4v) is 3.68. The number of halogens is 2. The molecule has 0 atom stereocenters. The maximum Gasteiger partial charge on any atom is 0.274 e. The minimum Gasteiger partial charge on any atom is -0.320 e. The summed E-state index contributed by atoms with van der Waals surface area (Å²) in [6, 6.07) is 7.75. The summed E-state index contributed by atoms with van der Waals surface area (Å²) in [6.45, 7) is 5.79. The van der Waals surface area contributed by atoms with Crippen molar-refractivity contribution >= 4 is 49.1 Å². The predicted octanol–water partition coefficient (Wildman–Crippen LogP) is 5.04.